The average Bonchev–Trinajstić information content (AvgIpc) is 2.71. The number of aliphatic imine (C=N–C) groups is 1. The summed E-state index contributed by atoms with van der Waals surface area (Å²) in [7, 11) is 1.64. The number of nitrogens with zero attached hydrogens (tertiary/aromatic N) is 2. The van der Waals surface area contributed by atoms with Crippen molar-refractivity contribution in [3.63, 3.8) is 0 Å². The Hall–Kier alpha value is -2.10. The van der Waals surface area contributed by atoms with Crippen molar-refractivity contribution in [3.8, 4) is 17.4 Å². The number of hydrogen-bond acceptors (Lipinski definition) is 4. The largest absolute Gasteiger partial charge is 0.479 e. The van der Waals surface area contributed by atoms with Crippen LogP contribution in [-0.4, -0.2) is 22.8 Å². The van der Waals surface area contributed by atoms with Gasteiger partial charge in [0.05, 0.1) is 5.71 Å². The summed E-state index contributed by atoms with van der Waals surface area (Å²) in [6.45, 7) is 1.77. The van der Waals surface area contributed by atoms with Gasteiger partial charge in [-0.3, -0.25) is 4.99 Å². The predicted octanol–water partition coefficient (Wildman–Crippen LogP) is 2.49. The summed E-state index contributed by atoms with van der Waals surface area (Å²) in [5.74, 6) is 0.207. The van der Waals surface area contributed by atoms with E-state index >= 15 is 0 Å². The Balaban J connectivity index is 2.46. The fourth-order valence-corrected chi connectivity index (χ4v) is 1.36. The van der Waals surface area contributed by atoms with Crippen LogP contribution >= 0.6 is 0 Å². The van der Waals surface area contributed by atoms with Gasteiger partial charge >= 0.3 is 5.95 Å². The Morgan fingerprint density at radius 2 is 2.00 bits per heavy atom. The minimum atomic E-state index is -0.193. The lowest BCUT2D eigenvalue weighted by molar-refractivity contribution is 0.336. The Morgan fingerprint density at radius 3 is 2.62 bits per heavy atom. The second kappa shape index (κ2) is 4.18. The van der Waals surface area contributed by atoms with Crippen LogP contribution in [0.2, 0.25) is 0 Å². The van der Waals surface area contributed by atoms with Crippen LogP contribution in [0.15, 0.2) is 39.7 Å². The molecule has 4 nitrogen and oxygen atoms in total. The smallest absolute Gasteiger partial charge is 0.312 e. The van der Waals surface area contributed by atoms with E-state index in [0.29, 0.717) is 17.3 Å². The minimum absolute atomic E-state index is 0.193. The first-order chi connectivity index (χ1) is 7.72. The Labute approximate surface area is 93.3 Å². The van der Waals surface area contributed by atoms with Crippen LogP contribution in [-0.2, 0) is 0 Å². The predicted molar refractivity (Wildman–Crippen MR) is 61.7 cm³/mol. The van der Waals surface area contributed by atoms with E-state index in [1.165, 1.54) is 0 Å². The minimum Gasteiger partial charge on any atom is -0.479 e. The molecular weight excluding hydrogens is 204 g/mol. The highest BCUT2D eigenvalue weighted by molar-refractivity contribution is 5.98. The van der Waals surface area contributed by atoms with Crippen LogP contribution in [0.5, 0.6) is 5.95 Å². The van der Waals surface area contributed by atoms with Gasteiger partial charge in [-0.2, -0.15) is 0 Å². The third kappa shape index (κ3) is 1.82. The van der Waals surface area contributed by atoms with E-state index in [-0.39, 0.29) is 5.95 Å². The van der Waals surface area contributed by atoms with Gasteiger partial charge in [-0.1, -0.05) is 18.2 Å². The van der Waals surface area contributed by atoms with Gasteiger partial charge in [-0.15, -0.1) is 0 Å². The molecule has 0 saturated heterocycles. The fraction of sp³-hybridized carbons (Fsp3) is 0.167. The highest BCUT2D eigenvalue weighted by Gasteiger charge is 2.15. The van der Waals surface area contributed by atoms with Gasteiger partial charge in [0.2, 0.25) is 5.89 Å². The summed E-state index contributed by atoms with van der Waals surface area (Å²) in [4.78, 5) is 8.16. The van der Waals surface area contributed by atoms with Gasteiger partial charge in [-0.25, -0.2) is 4.98 Å². The van der Waals surface area contributed by atoms with Gasteiger partial charge in [-0.05, 0) is 19.1 Å². The molecule has 1 N–H and O–H groups in total. The van der Waals surface area contributed by atoms with Gasteiger partial charge in [0.25, 0.3) is 0 Å². The first-order valence-corrected chi connectivity index (χ1v) is 4.91. The lowest BCUT2D eigenvalue weighted by atomic mass is 10.2. The highest BCUT2D eigenvalue weighted by atomic mass is 16.5. The van der Waals surface area contributed by atoms with Gasteiger partial charge in [0.1, 0.15) is 0 Å². The SMILES string of the molecule is CN=C(C)c1nc(-c2ccccc2)oc1O. The molecule has 2 rings (SSSR count). The van der Waals surface area contributed by atoms with Crippen molar-refractivity contribution in [1.82, 2.24) is 4.98 Å². The van der Waals surface area contributed by atoms with E-state index in [9.17, 15) is 5.11 Å². The lowest BCUT2D eigenvalue weighted by Gasteiger charge is -1.91. The highest BCUT2D eigenvalue weighted by Crippen LogP contribution is 2.26. The van der Waals surface area contributed by atoms with Crippen LogP contribution in [0.4, 0.5) is 0 Å². The van der Waals surface area contributed by atoms with E-state index in [1.54, 1.807) is 14.0 Å². The standard InChI is InChI=1S/C12H12N2O2/c1-8(13-2)10-12(15)16-11(14-10)9-6-4-3-5-7-9/h3-7,15H,1-2H3. The fourth-order valence-electron chi connectivity index (χ4n) is 1.36. The van der Waals surface area contributed by atoms with Crippen LogP contribution in [0.25, 0.3) is 11.5 Å². The number of aromatic nitrogens is 1. The summed E-state index contributed by atoms with van der Waals surface area (Å²) in [6, 6.07) is 9.42. The molecule has 2 aromatic rings. The zero-order valence-corrected chi connectivity index (χ0v) is 9.14. The zero-order chi connectivity index (χ0) is 11.5. The summed E-state index contributed by atoms with van der Waals surface area (Å²) in [6.07, 6.45) is 0. The maximum Gasteiger partial charge on any atom is 0.312 e. The number of benzene rings is 1. The Kier molecular flexibility index (Phi) is 2.72. The van der Waals surface area contributed by atoms with Gasteiger partial charge in [0.15, 0.2) is 5.69 Å². The number of oxazole rings is 1. The monoisotopic (exact) mass is 216 g/mol. The molecule has 0 aliphatic heterocycles. The third-order valence-electron chi connectivity index (χ3n) is 2.31. The lowest BCUT2D eigenvalue weighted by Crippen LogP contribution is -1.94. The van der Waals surface area contributed by atoms with E-state index in [0.717, 1.165) is 5.56 Å². The summed E-state index contributed by atoms with van der Waals surface area (Å²) < 4.78 is 5.19. The van der Waals surface area contributed by atoms with Crippen molar-refractivity contribution < 1.29 is 9.52 Å². The summed E-state index contributed by atoms with van der Waals surface area (Å²) in [5, 5.41) is 9.58. The molecule has 4 heteroatoms. The number of aromatic hydroxyl groups is 1. The number of rotatable bonds is 2. The molecule has 1 aromatic heterocycles. The molecule has 82 valence electrons. The molecule has 0 saturated carbocycles. The molecule has 0 amide bonds. The molecule has 0 atom stereocenters. The van der Waals surface area contributed by atoms with Crippen molar-refractivity contribution in [1.29, 1.82) is 0 Å². The van der Waals surface area contributed by atoms with Crippen molar-refractivity contribution in [2.75, 3.05) is 7.05 Å². The zero-order valence-electron chi connectivity index (χ0n) is 9.14. The molecule has 1 aromatic carbocycles. The van der Waals surface area contributed by atoms with Crippen molar-refractivity contribution >= 4 is 5.71 Å². The van der Waals surface area contributed by atoms with Crippen LogP contribution in [0.1, 0.15) is 12.6 Å². The van der Waals surface area contributed by atoms with E-state index in [4.69, 9.17) is 4.42 Å². The van der Waals surface area contributed by atoms with Crippen LogP contribution in [0, 0.1) is 0 Å². The molecule has 16 heavy (non-hydrogen) atoms. The molecule has 0 spiro atoms. The first kappa shape index (κ1) is 10.4. The van der Waals surface area contributed by atoms with Crippen LogP contribution < -0.4 is 0 Å². The molecular formula is C12H12N2O2. The summed E-state index contributed by atoms with van der Waals surface area (Å²) in [5.41, 5.74) is 1.86. The van der Waals surface area contributed by atoms with Gasteiger partial charge in [0, 0.05) is 12.6 Å². The third-order valence-corrected chi connectivity index (χ3v) is 2.31. The topological polar surface area (TPSA) is 58.6 Å². The van der Waals surface area contributed by atoms with E-state index in [1.807, 2.05) is 30.3 Å². The molecule has 0 bridgehead atoms. The molecule has 0 radical (unpaired) electrons. The van der Waals surface area contributed by atoms with Crippen LogP contribution in [0.3, 0.4) is 0 Å². The average molecular weight is 216 g/mol. The normalized spacial score (nSPS) is 11.8. The Bertz CT molecular complexity index is 515. The second-order valence-electron chi connectivity index (χ2n) is 3.35. The molecule has 0 aliphatic rings. The molecule has 0 unspecified atom stereocenters. The molecule has 0 aliphatic carbocycles. The Morgan fingerprint density at radius 1 is 1.31 bits per heavy atom. The van der Waals surface area contributed by atoms with Crippen molar-refractivity contribution in [3.05, 3.63) is 36.0 Å². The molecule has 1 heterocycles. The molecule has 0 fully saturated rings. The quantitative estimate of drug-likeness (QED) is 0.784. The van der Waals surface area contributed by atoms with E-state index in [2.05, 4.69) is 9.98 Å². The van der Waals surface area contributed by atoms with Crippen molar-refractivity contribution in [2.24, 2.45) is 4.99 Å². The number of hydrogen-bond donors (Lipinski definition) is 1. The maximum atomic E-state index is 9.58. The summed E-state index contributed by atoms with van der Waals surface area (Å²) >= 11 is 0. The second-order valence-corrected chi connectivity index (χ2v) is 3.35. The van der Waals surface area contributed by atoms with E-state index < -0.39 is 0 Å². The first-order valence-electron chi connectivity index (χ1n) is 4.91. The van der Waals surface area contributed by atoms with Gasteiger partial charge < -0.3 is 9.52 Å². The van der Waals surface area contributed by atoms with Crippen molar-refractivity contribution in [2.45, 2.75) is 6.92 Å². The maximum absolute atomic E-state index is 9.58.